The predicted octanol–water partition coefficient (Wildman–Crippen LogP) is 0.697. The second kappa shape index (κ2) is 7.68. The Hall–Kier alpha value is -3.30. The number of hydrogen-bond acceptors (Lipinski definition) is 6. The first-order valence-electron chi connectivity index (χ1n) is 11.1. The summed E-state index contributed by atoms with van der Waals surface area (Å²) in [6.45, 7) is 6.42. The Morgan fingerprint density at radius 1 is 1.12 bits per heavy atom. The molecule has 0 bridgehead atoms. The molecule has 3 amide bonds. The van der Waals surface area contributed by atoms with E-state index in [9.17, 15) is 14.4 Å². The minimum atomic E-state index is -0.269. The van der Waals surface area contributed by atoms with Crippen LogP contribution in [0.1, 0.15) is 54.3 Å². The van der Waals surface area contributed by atoms with E-state index < -0.39 is 0 Å². The third-order valence-electron chi connectivity index (χ3n) is 6.73. The molecule has 168 valence electrons. The largest absolute Gasteiger partial charge is 0.336 e. The minimum Gasteiger partial charge on any atom is -0.336 e. The van der Waals surface area contributed by atoms with Gasteiger partial charge in [-0.1, -0.05) is 0 Å². The smallest absolute Gasteiger partial charge is 0.317 e. The van der Waals surface area contributed by atoms with Crippen molar-refractivity contribution in [1.82, 2.24) is 34.6 Å². The summed E-state index contributed by atoms with van der Waals surface area (Å²) in [5, 5.41) is 2.96. The van der Waals surface area contributed by atoms with Gasteiger partial charge in [-0.2, -0.15) is 0 Å². The van der Waals surface area contributed by atoms with Gasteiger partial charge in [0.05, 0.1) is 24.0 Å². The van der Waals surface area contributed by atoms with E-state index in [4.69, 9.17) is 4.98 Å². The molecule has 0 aliphatic carbocycles. The second-order valence-electron chi connectivity index (χ2n) is 9.19. The molecule has 1 spiro atoms. The van der Waals surface area contributed by atoms with Gasteiger partial charge in [-0.3, -0.25) is 19.1 Å². The van der Waals surface area contributed by atoms with Gasteiger partial charge in [0.2, 0.25) is 0 Å². The Morgan fingerprint density at radius 3 is 2.69 bits per heavy atom. The average molecular weight is 438 g/mol. The molecule has 3 aliphatic rings. The lowest BCUT2D eigenvalue weighted by Gasteiger charge is -2.29. The molecule has 0 saturated carbocycles. The molecule has 32 heavy (non-hydrogen) atoms. The molecule has 1 saturated heterocycles. The fourth-order valence-corrected chi connectivity index (χ4v) is 5.08. The zero-order valence-corrected chi connectivity index (χ0v) is 18.4. The molecule has 0 radical (unpaired) electrons. The molecule has 2 aromatic rings. The van der Waals surface area contributed by atoms with Crippen LogP contribution in [0.2, 0.25) is 0 Å². The molecular formula is C22H27N7O3. The number of carbonyl (C=O) groups excluding carboxylic acids is 2. The molecule has 1 unspecified atom stereocenters. The van der Waals surface area contributed by atoms with Crippen molar-refractivity contribution in [3.8, 4) is 0 Å². The quantitative estimate of drug-likeness (QED) is 0.740. The summed E-state index contributed by atoms with van der Waals surface area (Å²) in [4.78, 5) is 55.1. The van der Waals surface area contributed by atoms with Crippen LogP contribution in [0, 0.1) is 0 Å². The number of amides is 3. The van der Waals surface area contributed by atoms with Crippen molar-refractivity contribution in [2.24, 2.45) is 0 Å². The molecule has 3 aliphatic heterocycles. The van der Waals surface area contributed by atoms with E-state index >= 15 is 0 Å². The van der Waals surface area contributed by atoms with E-state index in [0.29, 0.717) is 38.2 Å². The van der Waals surface area contributed by atoms with Crippen LogP contribution in [0.25, 0.3) is 0 Å². The van der Waals surface area contributed by atoms with Gasteiger partial charge < -0.3 is 15.1 Å². The van der Waals surface area contributed by atoms with Crippen LogP contribution in [0.5, 0.6) is 0 Å². The molecule has 1 N–H and O–H groups in total. The fraction of sp³-hybridized carbons (Fsp3) is 0.545. The van der Waals surface area contributed by atoms with E-state index in [0.717, 1.165) is 24.4 Å². The van der Waals surface area contributed by atoms with Crippen LogP contribution in [-0.2, 0) is 24.9 Å². The summed E-state index contributed by atoms with van der Waals surface area (Å²) in [7, 11) is 0. The van der Waals surface area contributed by atoms with E-state index in [1.165, 1.54) is 18.6 Å². The number of fused-ring (bicyclic) bond motifs is 3. The van der Waals surface area contributed by atoms with E-state index in [-0.39, 0.29) is 41.2 Å². The van der Waals surface area contributed by atoms with E-state index in [1.54, 1.807) is 9.47 Å². The highest BCUT2D eigenvalue weighted by Crippen LogP contribution is 2.41. The first-order chi connectivity index (χ1) is 15.4. The van der Waals surface area contributed by atoms with E-state index in [2.05, 4.69) is 15.3 Å². The van der Waals surface area contributed by atoms with Crippen molar-refractivity contribution in [3.63, 3.8) is 0 Å². The van der Waals surface area contributed by atoms with Crippen LogP contribution < -0.4 is 10.9 Å². The van der Waals surface area contributed by atoms with Crippen molar-refractivity contribution in [1.29, 1.82) is 0 Å². The van der Waals surface area contributed by atoms with Gasteiger partial charge in [0, 0.05) is 56.5 Å². The molecule has 10 nitrogen and oxygen atoms in total. The summed E-state index contributed by atoms with van der Waals surface area (Å²) < 4.78 is 1.76. The molecule has 1 atom stereocenters. The maximum absolute atomic E-state index is 13.4. The number of rotatable bonds is 2. The topological polar surface area (TPSA) is 113 Å². The Kier molecular flexibility index (Phi) is 4.94. The molecule has 5 rings (SSSR count). The van der Waals surface area contributed by atoms with Crippen LogP contribution in [0.3, 0.4) is 0 Å². The van der Waals surface area contributed by atoms with Crippen molar-refractivity contribution < 1.29 is 9.59 Å². The monoisotopic (exact) mass is 437 g/mol. The maximum Gasteiger partial charge on any atom is 0.317 e. The Morgan fingerprint density at radius 2 is 1.94 bits per heavy atom. The third-order valence-corrected chi connectivity index (χ3v) is 6.73. The van der Waals surface area contributed by atoms with Gasteiger partial charge in [0.15, 0.2) is 0 Å². The summed E-state index contributed by atoms with van der Waals surface area (Å²) in [5.41, 5.74) is 1.30. The Balaban J connectivity index is 1.41. The fourth-order valence-electron chi connectivity index (χ4n) is 5.08. The number of hydrogen-bond donors (Lipinski definition) is 1. The van der Waals surface area contributed by atoms with Crippen molar-refractivity contribution in [2.75, 3.05) is 19.6 Å². The highest BCUT2D eigenvalue weighted by Gasteiger charge is 2.48. The van der Waals surface area contributed by atoms with Crippen LogP contribution >= 0.6 is 0 Å². The number of carbonyl (C=O) groups is 2. The number of urea groups is 1. The Labute approximate surface area is 185 Å². The molecule has 0 aromatic carbocycles. The Bertz CT molecular complexity index is 1130. The molecular weight excluding hydrogens is 410 g/mol. The maximum atomic E-state index is 13.4. The van der Waals surface area contributed by atoms with Gasteiger partial charge >= 0.3 is 6.03 Å². The highest BCUT2D eigenvalue weighted by atomic mass is 16.2. The van der Waals surface area contributed by atoms with Crippen LogP contribution in [-0.4, -0.2) is 66.9 Å². The van der Waals surface area contributed by atoms with Gasteiger partial charge in [0.25, 0.3) is 11.5 Å². The third kappa shape index (κ3) is 3.34. The summed E-state index contributed by atoms with van der Waals surface area (Å²) >= 11 is 0. The normalized spacial score (nSPS) is 21.7. The summed E-state index contributed by atoms with van der Waals surface area (Å²) in [6.07, 6.45) is 6.58. The lowest BCUT2D eigenvalue weighted by Crippen LogP contribution is -2.44. The van der Waals surface area contributed by atoms with Gasteiger partial charge in [-0.25, -0.2) is 14.8 Å². The molecule has 1 fully saturated rings. The number of nitrogens with zero attached hydrogens (tertiary/aromatic N) is 6. The second-order valence-corrected chi connectivity index (χ2v) is 9.19. The molecule has 10 heteroatoms. The SMILES string of the molecule is CC(C)NC(=O)N1CCC2(CCn3c2nc2c(c3=O)CN(C(=O)c3cnccn3)CC2)C1. The first-order valence-corrected chi connectivity index (χ1v) is 11.1. The van der Waals surface area contributed by atoms with Gasteiger partial charge in [0.1, 0.15) is 11.5 Å². The zero-order chi connectivity index (χ0) is 22.5. The average Bonchev–Trinajstić information content (AvgIpc) is 3.38. The van der Waals surface area contributed by atoms with Crippen molar-refractivity contribution >= 4 is 11.9 Å². The van der Waals surface area contributed by atoms with Crippen molar-refractivity contribution in [3.05, 3.63) is 51.7 Å². The van der Waals surface area contributed by atoms with Gasteiger partial charge in [-0.15, -0.1) is 0 Å². The van der Waals surface area contributed by atoms with Gasteiger partial charge in [-0.05, 0) is 26.7 Å². The number of likely N-dealkylation sites (tertiary alicyclic amines) is 1. The van der Waals surface area contributed by atoms with Crippen molar-refractivity contribution in [2.45, 2.75) is 57.7 Å². The highest BCUT2D eigenvalue weighted by molar-refractivity contribution is 5.92. The standard InChI is InChI=1S/C22H27N7O3/c1-14(2)25-21(32)28-9-4-22(13-28)5-10-29-18(30)15-12-27(8-3-16(15)26-20(22)29)19(31)17-11-23-6-7-24-17/h6-7,11,14H,3-5,8-10,12-13H2,1-2H3,(H,25,32). The molecule has 2 aromatic heterocycles. The number of nitrogens with one attached hydrogen (secondary N) is 1. The number of aromatic nitrogens is 4. The lowest BCUT2D eigenvalue weighted by atomic mass is 9.85. The predicted molar refractivity (Wildman–Crippen MR) is 115 cm³/mol. The van der Waals surface area contributed by atoms with Crippen LogP contribution in [0.15, 0.2) is 23.4 Å². The molecule has 5 heterocycles. The lowest BCUT2D eigenvalue weighted by molar-refractivity contribution is 0.0725. The van der Waals surface area contributed by atoms with E-state index in [1.807, 2.05) is 18.7 Å². The summed E-state index contributed by atoms with van der Waals surface area (Å²) in [6, 6.07) is 0.0176. The zero-order valence-electron chi connectivity index (χ0n) is 18.4. The van der Waals surface area contributed by atoms with Crippen LogP contribution in [0.4, 0.5) is 4.79 Å². The summed E-state index contributed by atoms with van der Waals surface area (Å²) in [5.74, 6) is 0.572. The first kappa shape index (κ1) is 20.6. The minimum absolute atomic E-state index is 0.0613.